The fraction of sp³-hybridized carbons (Fsp3) is 0.279. The third kappa shape index (κ3) is 9.17. The van der Waals surface area contributed by atoms with Gasteiger partial charge in [0.15, 0.2) is 5.82 Å². The van der Waals surface area contributed by atoms with Crippen LogP contribution in [0.15, 0.2) is 133 Å². The molecule has 7 heteroatoms. The Hall–Kier alpha value is -5.43. The molecule has 1 atom stereocenters. The first kappa shape index (κ1) is 34.4. The molecule has 1 unspecified atom stereocenters. The summed E-state index contributed by atoms with van der Waals surface area (Å²) >= 11 is 0. The molecule has 5 aromatic rings. The van der Waals surface area contributed by atoms with Crippen molar-refractivity contribution in [1.82, 2.24) is 9.88 Å². The molecule has 0 bridgehead atoms. The number of Topliss-reactive ketones (excluding diaryl/α,β-unsaturated/α-hetero) is 1. The quantitative estimate of drug-likeness (QED) is 0.140. The number of rotatable bonds is 11. The minimum absolute atomic E-state index is 0.113. The van der Waals surface area contributed by atoms with Gasteiger partial charge < -0.3 is 14.5 Å². The number of piperidine rings is 1. The lowest BCUT2D eigenvalue weighted by molar-refractivity contribution is -0.123. The molecule has 4 aromatic carbocycles. The van der Waals surface area contributed by atoms with Crippen LogP contribution in [-0.4, -0.2) is 33.9 Å². The highest BCUT2D eigenvalue weighted by molar-refractivity contribution is 5.83. The van der Waals surface area contributed by atoms with Gasteiger partial charge >= 0.3 is 6.09 Å². The first-order chi connectivity index (χ1) is 24.2. The van der Waals surface area contributed by atoms with E-state index >= 15 is 0 Å². The van der Waals surface area contributed by atoms with Gasteiger partial charge in [0.25, 0.3) is 0 Å². The van der Waals surface area contributed by atoms with E-state index in [1.807, 2.05) is 51.1 Å². The van der Waals surface area contributed by atoms with Crippen molar-refractivity contribution < 1.29 is 14.3 Å². The molecule has 1 aromatic heterocycles. The number of nitrogens with zero attached hydrogens (tertiary/aromatic N) is 4. The normalized spacial score (nSPS) is 14.7. The van der Waals surface area contributed by atoms with Gasteiger partial charge in [0.1, 0.15) is 11.4 Å². The molecule has 1 amide bonds. The highest BCUT2D eigenvalue weighted by atomic mass is 16.6. The van der Waals surface area contributed by atoms with Gasteiger partial charge in [0.05, 0.1) is 17.4 Å². The van der Waals surface area contributed by atoms with Crippen LogP contribution in [0.25, 0.3) is 0 Å². The first-order valence-corrected chi connectivity index (χ1v) is 17.4. The smallest absolute Gasteiger partial charge is 0.410 e. The fourth-order valence-electron chi connectivity index (χ4n) is 6.40. The van der Waals surface area contributed by atoms with Crippen molar-refractivity contribution in [3.8, 4) is 0 Å². The second-order valence-electron chi connectivity index (χ2n) is 13.9. The molecule has 0 N–H and O–H groups in total. The maximum Gasteiger partial charge on any atom is 0.410 e. The highest BCUT2D eigenvalue weighted by Crippen LogP contribution is 2.37. The number of hydrogen-bond donors (Lipinski definition) is 0. The van der Waals surface area contributed by atoms with Gasteiger partial charge in [-0.25, -0.2) is 9.78 Å². The van der Waals surface area contributed by atoms with Crippen LogP contribution in [0.5, 0.6) is 0 Å². The third-order valence-electron chi connectivity index (χ3n) is 8.78. The Labute approximate surface area is 296 Å². The molecule has 256 valence electrons. The Morgan fingerprint density at radius 3 is 1.56 bits per heavy atom. The average Bonchev–Trinajstić information content (AvgIpc) is 3.12. The Bertz CT molecular complexity index is 1760. The number of benzene rings is 4. The molecular weight excluding hydrogens is 620 g/mol. The maximum atomic E-state index is 13.5. The lowest BCUT2D eigenvalue weighted by Crippen LogP contribution is -2.44. The summed E-state index contributed by atoms with van der Waals surface area (Å²) in [5.74, 6) is 0.909. The van der Waals surface area contributed by atoms with Crippen molar-refractivity contribution in [2.75, 3.05) is 16.3 Å². The van der Waals surface area contributed by atoms with Crippen LogP contribution in [0.1, 0.15) is 67.6 Å². The van der Waals surface area contributed by atoms with E-state index in [0.717, 1.165) is 22.6 Å². The summed E-state index contributed by atoms with van der Waals surface area (Å²) in [6.45, 7) is 8.44. The number of aromatic nitrogens is 1. The molecule has 1 aliphatic rings. The molecule has 1 saturated heterocycles. The van der Waals surface area contributed by atoms with E-state index in [0.29, 0.717) is 44.8 Å². The summed E-state index contributed by atoms with van der Waals surface area (Å²) in [6, 6.07) is 45.4. The standard InChI is InChI=1S/C43H46N4O3/c1-43(2,3)50-42(49)47-27-26-37(48)28-40(47)38-24-25-39(45(29-33-16-8-4-9-17-33)30-34-18-10-5-11-19-34)41(44-38)46(31-35-20-12-6-13-21-35)32-36-22-14-7-15-23-36/h4-25,40H,26-32H2,1-3H3. The lowest BCUT2D eigenvalue weighted by Gasteiger charge is -2.37. The number of likely N-dealkylation sites (tertiary alicyclic amines) is 1. The van der Waals surface area contributed by atoms with Gasteiger partial charge in [0, 0.05) is 45.6 Å². The summed E-state index contributed by atoms with van der Waals surface area (Å²) in [6.07, 6.45) is 0.0688. The Kier molecular flexibility index (Phi) is 10.9. The van der Waals surface area contributed by atoms with E-state index in [2.05, 4.69) is 113 Å². The number of amides is 1. The summed E-state index contributed by atoms with van der Waals surface area (Å²) in [5, 5.41) is 0. The number of hydrogen-bond acceptors (Lipinski definition) is 6. The molecule has 0 spiro atoms. The van der Waals surface area contributed by atoms with Crippen LogP contribution in [0, 0.1) is 0 Å². The van der Waals surface area contributed by atoms with Crippen molar-refractivity contribution in [2.24, 2.45) is 0 Å². The van der Waals surface area contributed by atoms with E-state index in [1.165, 1.54) is 11.1 Å². The molecule has 0 aliphatic carbocycles. The summed E-state index contributed by atoms with van der Waals surface area (Å²) < 4.78 is 5.82. The van der Waals surface area contributed by atoms with E-state index < -0.39 is 17.7 Å². The lowest BCUT2D eigenvalue weighted by atomic mass is 9.97. The van der Waals surface area contributed by atoms with Crippen LogP contribution in [0.4, 0.5) is 16.3 Å². The van der Waals surface area contributed by atoms with Crippen molar-refractivity contribution in [3.05, 3.63) is 161 Å². The van der Waals surface area contributed by atoms with Crippen LogP contribution in [-0.2, 0) is 35.7 Å². The number of ketones is 1. The molecule has 7 nitrogen and oxygen atoms in total. The van der Waals surface area contributed by atoms with Crippen LogP contribution in [0.3, 0.4) is 0 Å². The zero-order valence-corrected chi connectivity index (χ0v) is 29.2. The van der Waals surface area contributed by atoms with Crippen molar-refractivity contribution in [2.45, 2.75) is 71.4 Å². The van der Waals surface area contributed by atoms with Crippen LogP contribution < -0.4 is 9.80 Å². The largest absolute Gasteiger partial charge is 0.444 e. The number of ether oxygens (including phenoxy) is 1. The summed E-state index contributed by atoms with van der Waals surface area (Å²) in [7, 11) is 0. The van der Waals surface area contributed by atoms with E-state index in [1.54, 1.807) is 4.90 Å². The number of anilines is 2. The van der Waals surface area contributed by atoms with Crippen molar-refractivity contribution >= 4 is 23.4 Å². The van der Waals surface area contributed by atoms with Gasteiger partial charge in [-0.2, -0.15) is 0 Å². The number of carbonyl (C=O) groups is 2. The summed E-state index contributed by atoms with van der Waals surface area (Å²) in [4.78, 5) is 38.3. The molecule has 0 radical (unpaired) electrons. The Morgan fingerprint density at radius 2 is 1.12 bits per heavy atom. The van der Waals surface area contributed by atoms with E-state index in [-0.39, 0.29) is 12.2 Å². The second-order valence-corrected chi connectivity index (χ2v) is 13.9. The van der Waals surface area contributed by atoms with Gasteiger partial charge in [-0.15, -0.1) is 0 Å². The zero-order valence-electron chi connectivity index (χ0n) is 29.2. The highest BCUT2D eigenvalue weighted by Gasteiger charge is 2.36. The predicted octanol–water partition coefficient (Wildman–Crippen LogP) is 9.14. The maximum absolute atomic E-state index is 13.5. The number of carbonyl (C=O) groups excluding carboxylic acids is 2. The molecule has 1 fully saturated rings. The molecular formula is C43H46N4O3. The first-order valence-electron chi connectivity index (χ1n) is 17.4. The van der Waals surface area contributed by atoms with Gasteiger partial charge in [-0.05, 0) is 55.2 Å². The van der Waals surface area contributed by atoms with E-state index in [4.69, 9.17) is 9.72 Å². The van der Waals surface area contributed by atoms with Gasteiger partial charge in [-0.3, -0.25) is 9.69 Å². The molecule has 2 heterocycles. The monoisotopic (exact) mass is 666 g/mol. The minimum atomic E-state index is -0.664. The average molecular weight is 667 g/mol. The molecule has 0 saturated carbocycles. The Balaban J connectivity index is 1.50. The van der Waals surface area contributed by atoms with Crippen LogP contribution in [0.2, 0.25) is 0 Å². The Morgan fingerprint density at radius 1 is 0.680 bits per heavy atom. The minimum Gasteiger partial charge on any atom is -0.444 e. The van der Waals surface area contributed by atoms with Gasteiger partial charge in [0.2, 0.25) is 0 Å². The summed E-state index contributed by atoms with van der Waals surface area (Å²) in [5.41, 5.74) is 5.66. The predicted molar refractivity (Wildman–Crippen MR) is 200 cm³/mol. The SMILES string of the molecule is CC(C)(C)OC(=O)N1CCC(=O)CC1c1ccc(N(Cc2ccccc2)Cc2ccccc2)c(N(Cc2ccccc2)Cc2ccccc2)n1. The third-order valence-corrected chi connectivity index (χ3v) is 8.78. The fourth-order valence-corrected chi connectivity index (χ4v) is 6.40. The topological polar surface area (TPSA) is 66.0 Å². The zero-order chi connectivity index (χ0) is 34.9. The van der Waals surface area contributed by atoms with Crippen molar-refractivity contribution in [1.29, 1.82) is 0 Å². The van der Waals surface area contributed by atoms with Crippen LogP contribution >= 0.6 is 0 Å². The molecule has 6 rings (SSSR count). The molecule has 50 heavy (non-hydrogen) atoms. The molecule has 1 aliphatic heterocycles. The van der Waals surface area contributed by atoms with E-state index in [9.17, 15) is 9.59 Å². The second kappa shape index (κ2) is 15.9. The van der Waals surface area contributed by atoms with Gasteiger partial charge in [-0.1, -0.05) is 121 Å². The number of pyridine rings is 1. The van der Waals surface area contributed by atoms with Crippen molar-refractivity contribution in [3.63, 3.8) is 0 Å².